The van der Waals surface area contributed by atoms with E-state index in [1.165, 1.54) is 16.8 Å². The second kappa shape index (κ2) is 7.64. The molecule has 3 aromatic rings. The number of hydrogen-bond donors (Lipinski definition) is 1. The number of carbonyl (C=O) groups is 1. The zero-order valence-electron chi connectivity index (χ0n) is 14.6. The van der Waals surface area contributed by atoms with Gasteiger partial charge in [-0.3, -0.25) is 4.79 Å². The number of amides is 1. The van der Waals surface area contributed by atoms with E-state index in [1.54, 1.807) is 18.3 Å². The van der Waals surface area contributed by atoms with Crippen molar-refractivity contribution in [2.24, 2.45) is 5.10 Å². The Morgan fingerprint density at radius 1 is 0.963 bits per heavy atom. The molecule has 1 aliphatic rings. The van der Waals surface area contributed by atoms with Gasteiger partial charge >= 0.3 is 0 Å². The Morgan fingerprint density at radius 3 is 2.48 bits per heavy atom. The molecule has 0 aromatic heterocycles. The third-order valence-electron chi connectivity index (χ3n) is 4.56. The van der Waals surface area contributed by atoms with Crippen LogP contribution in [0.5, 0.6) is 0 Å². The van der Waals surface area contributed by atoms with E-state index in [1.807, 2.05) is 48.5 Å². The minimum Gasteiger partial charge on any atom is -0.363 e. The summed E-state index contributed by atoms with van der Waals surface area (Å²) in [5.41, 5.74) is 7.67. The van der Waals surface area contributed by atoms with Gasteiger partial charge in [0.05, 0.1) is 6.21 Å². The topological polar surface area (TPSA) is 44.7 Å². The number of fused-ring (bicyclic) bond motifs is 1. The molecule has 27 heavy (non-hydrogen) atoms. The number of rotatable bonds is 4. The Balaban J connectivity index is 1.42. The molecule has 0 bridgehead atoms. The summed E-state index contributed by atoms with van der Waals surface area (Å²) in [5, 5.41) is 4.69. The molecule has 1 amide bonds. The first-order chi connectivity index (χ1) is 13.2. The summed E-state index contributed by atoms with van der Waals surface area (Å²) in [4.78, 5) is 14.7. The van der Waals surface area contributed by atoms with Crippen LogP contribution in [0.1, 0.15) is 27.0 Å². The first-order valence-electron chi connectivity index (χ1n) is 8.70. The number of halogens is 1. The van der Waals surface area contributed by atoms with Crippen molar-refractivity contribution in [3.05, 3.63) is 100 Å². The van der Waals surface area contributed by atoms with Gasteiger partial charge in [-0.05, 0) is 53.1 Å². The highest BCUT2D eigenvalue weighted by atomic mass is 35.5. The average Bonchev–Trinajstić information content (AvgIpc) is 3.13. The van der Waals surface area contributed by atoms with Gasteiger partial charge in [0.1, 0.15) is 0 Å². The van der Waals surface area contributed by atoms with E-state index in [2.05, 4.69) is 27.6 Å². The van der Waals surface area contributed by atoms with Crippen LogP contribution in [0.4, 0.5) is 5.69 Å². The van der Waals surface area contributed by atoms with Gasteiger partial charge in [-0.25, -0.2) is 5.43 Å². The standard InChI is InChI=1S/C22H18ClN3O/c23-20-10-6-16(7-11-20)13-24-25-22(27)17-8-9-18-14-26(15-19(18)12-17)21-4-2-1-3-5-21/h1-13H,14-15H2,(H,25,27)/b24-13+. The molecule has 5 heteroatoms. The zero-order valence-corrected chi connectivity index (χ0v) is 15.4. The fourth-order valence-corrected chi connectivity index (χ4v) is 3.26. The molecule has 0 fully saturated rings. The molecule has 0 saturated heterocycles. The summed E-state index contributed by atoms with van der Waals surface area (Å²) < 4.78 is 0. The summed E-state index contributed by atoms with van der Waals surface area (Å²) in [6.07, 6.45) is 1.60. The summed E-state index contributed by atoms with van der Waals surface area (Å²) in [6, 6.07) is 23.4. The highest BCUT2D eigenvalue weighted by Crippen LogP contribution is 2.28. The third kappa shape index (κ3) is 4.01. The fourth-order valence-electron chi connectivity index (χ4n) is 3.14. The van der Waals surface area contributed by atoms with Crippen LogP contribution in [-0.2, 0) is 13.1 Å². The van der Waals surface area contributed by atoms with E-state index in [0.29, 0.717) is 10.6 Å². The molecule has 4 nitrogen and oxygen atoms in total. The number of para-hydroxylation sites is 1. The van der Waals surface area contributed by atoms with Crippen molar-refractivity contribution in [1.82, 2.24) is 5.43 Å². The van der Waals surface area contributed by atoms with Gasteiger partial charge in [0.15, 0.2) is 0 Å². The second-order valence-corrected chi connectivity index (χ2v) is 6.86. The first-order valence-corrected chi connectivity index (χ1v) is 9.07. The summed E-state index contributed by atoms with van der Waals surface area (Å²) in [7, 11) is 0. The molecule has 4 rings (SSSR count). The number of hydrazone groups is 1. The number of hydrogen-bond acceptors (Lipinski definition) is 3. The molecule has 1 aliphatic heterocycles. The van der Waals surface area contributed by atoms with E-state index in [0.717, 1.165) is 18.7 Å². The molecular weight excluding hydrogens is 358 g/mol. The van der Waals surface area contributed by atoms with Gasteiger partial charge < -0.3 is 4.90 Å². The maximum Gasteiger partial charge on any atom is 0.271 e. The van der Waals surface area contributed by atoms with Crippen LogP contribution >= 0.6 is 11.6 Å². The van der Waals surface area contributed by atoms with Crippen LogP contribution in [-0.4, -0.2) is 12.1 Å². The van der Waals surface area contributed by atoms with E-state index < -0.39 is 0 Å². The number of benzene rings is 3. The second-order valence-electron chi connectivity index (χ2n) is 6.43. The molecule has 0 aliphatic carbocycles. The Morgan fingerprint density at radius 2 is 1.70 bits per heavy atom. The largest absolute Gasteiger partial charge is 0.363 e. The van der Waals surface area contributed by atoms with Gasteiger partial charge in [0.25, 0.3) is 5.91 Å². The highest BCUT2D eigenvalue weighted by Gasteiger charge is 2.20. The predicted molar refractivity (Wildman–Crippen MR) is 109 cm³/mol. The normalized spacial score (nSPS) is 13.0. The third-order valence-corrected chi connectivity index (χ3v) is 4.81. The average molecular weight is 376 g/mol. The maximum atomic E-state index is 12.4. The van der Waals surface area contributed by atoms with Crippen molar-refractivity contribution in [3.8, 4) is 0 Å². The first kappa shape index (κ1) is 17.3. The highest BCUT2D eigenvalue weighted by molar-refractivity contribution is 6.30. The molecule has 134 valence electrons. The lowest BCUT2D eigenvalue weighted by molar-refractivity contribution is 0.0955. The molecule has 0 radical (unpaired) electrons. The molecule has 3 aromatic carbocycles. The number of carbonyl (C=O) groups excluding carboxylic acids is 1. The smallest absolute Gasteiger partial charge is 0.271 e. The van der Waals surface area contributed by atoms with Crippen molar-refractivity contribution >= 4 is 29.4 Å². The van der Waals surface area contributed by atoms with Gasteiger partial charge in [-0.15, -0.1) is 0 Å². The zero-order chi connectivity index (χ0) is 18.6. The van der Waals surface area contributed by atoms with Crippen molar-refractivity contribution in [2.45, 2.75) is 13.1 Å². The number of anilines is 1. The summed E-state index contributed by atoms with van der Waals surface area (Å²) in [5.74, 6) is -0.221. The SMILES string of the molecule is O=C(N/N=C/c1ccc(Cl)cc1)c1ccc2c(c1)CN(c1ccccc1)C2. The van der Waals surface area contributed by atoms with E-state index in [4.69, 9.17) is 11.6 Å². The Bertz CT molecular complexity index is 984. The number of nitrogens with zero attached hydrogens (tertiary/aromatic N) is 2. The van der Waals surface area contributed by atoms with Crippen LogP contribution in [0.15, 0.2) is 77.9 Å². The quantitative estimate of drug-likeness (QED) is 0.534. The summed E-state index contributed by atoms with van der Waals surface area (Å²) in [6.45, 7) is 1.66. The minimum absolute atomic E-state index is 0.221. The molecular formula is C22H18ClN3O. The fraction of sp³-hybridized carbons (Fsp3) is 0.0909. The van der Waals surface area contributed by atoms with E-state index >= 15 is 0 Å². The maximum absolute atomic E-state index is 12.4. The van der Waals surface area contributed by atoms with E-state index in [9.17, 15) is 4.79 Å². The van der Waals surface area contributed by atoms with Crippen LogP contribution < -0.4 is 10.3 Å². The van der Waals surface area contributed by atoms with E-state index in [-0.39, 0.29) is 5.91 Å². The predicted octanol–water partition coefficient (Wildman–Crippen LogP) is 4.62. The number of nitrogens with one attached hydrogen (secondary N) is 1. The van der Waals surface area contributed by atoms with Gasteiger partial charge in [-0.1, -0.05) is 48.0 Å². The Labute approximate surface area is 163 Å². The molecule has 1 heterocycles. The molecule has 0 spiro atoms. The van der Waals surface area contributed by atoms with Crippen LogP contribution in [0, 0.1) is 0 Å². The minimum atomic E-state index is -0.221. The van der Waals surface area contributed by atoms with Crippen LogP contribution in [0.25, 0.3) is 0 Å². The van der Waals surface area contributed by atoms with Crippen molar-refractivity contribution in [3.63, 3.8) is 0 Å². The Kier molecular flexibility index (Phi) is 4.90. The molecule has 0 atom stereocenters. The van der Waals surface area contributed by atoms with Gasteiger partial charge in [0.2, 0.25) is 0 Å². The van der Waals surface area contributed by atoms with Crippen molar-refractivity contribution in [1.29, 1.82) is 0 Å². The van der Waals surface area contributed by atoms with Crippen LogP contribution in [0.2, 0.25) is 5.02 Å². The monoisotopic (exact) mass is 375 g/mol. The Hall–Kier alpha value is -3.11. The van der Waals surface area contributed by atoms with Crippen molar-refractivity contribution in [2.75, 3.05) is 4.90 Å². The van der Waals surface area contributed by atoms with Gasteiger partial charge in [0, 0.05) is 29.4 Å². The lowest BCUT2D eigenvalue weighted by atomic mass is 10.1. The lowest BCUT2D eigenvalue weighted by Crippen LogP contribution is -2.17. The molecule has 0 saturated carbocycles. The van der Waals surface area contributed by atoms with Crippen LogP contribution in [0.3, 0.4) is 0 Å². The molecule has 1 N–H and O–H groups in total. The van der Waals surface area contributed by atoms with Crippen molar-refractivity contribution < 1.29 is 4.79 Å². The van der Waals surface area contributed by atoms with Gasteiger partial charge in [-0.2, -0.15) is 5.10 Å². The molecule has 0 unspecified atom stereocenters. The summed E-state index contributed by atoms with van der Waals surface area (Å²) >= 11 is 5.85. The lowest BCUT2D eigenvalue weighted by Gasteiger charge is -2.17.